The predicted molar refractivity (Wildman–Crippen MR) is 55.6 cm³/mol. The summed E-state index contributed by atoms with van der Waals surface area (Å²) in [5, 5.41) is 8.82. The van der Waals surface area contributed by atoms with Gasteiger partial charge in [-0.25, -0.2) is 5.48 Å². The van der Waals surface area contributed by atoms with Gasteiger partial charge < -0.3 is 14.7 Å². The highest BCUT2D eigenvalue weighted by Crippen LogP contribution is 2.37. The van der Waals surface area contributed by atoms with Gasteiger partial charge in [-0.15, -0.1) is 0 Å². The van der Waals surface area contributed by atoms with Crippen LogP contribution in [-0.2, 0) is 13.0 Å². The van der Waals surface area contributed by atoms with Crippen molar-refractivity contribution in [1.82, 2.24) is 5.48 Å². The molecule has 1 aromatic carbocycles. The van der Waals surface area contributed by atoms with Crippen LogP contribution in [-0.4, -0.2) is 18.9 Å². The smallest absolute Gasteiger partial charge is 0.126 e. The van der Waals surface area contributed by atoms with E-state index in [2.05, 4.69) is 5.48 Å². The van der Waals surface area contributed by atoms with Crippen LogP contribution in [0.1, 0.15) is 16.7 Å². The lowest BCUT2D eigenvalue weighted by molar-refractivity contribution is 0.160. The van der Waals surface area contributed by atoms with Gasteiger partial charge in [0, 0.05) is 24.1 Å². The summed E-state index contributed by atoms with van der Waals surface area (Å²) in [7, 11) is 1.64. The van der Waals surface area contributed by atoms with Crippen molar-refractivity contribution in [2.45, 2.75) is 19.9 Å². The number of hydrogen-bond donors (Lipinski definition) is 2. The Labute approximate surface area is 88.8 Å². The Balaban J connectivity index is 2.55. The summed E-state index contributed by atoms with van der Waals surface area (Å²) in [6, 6.07) is 1.99. The highest BCUT2D eigenvalue weighted by Gasteiger charge is 2.21. The average molecular weight is 209 g/mol. The third-order valence-electron chi connectivity index (χ3n) is 2.71. The number of methoxy groups -OCH3 is 1. The quantitative estimate of drug-likeness (QED) is 0.739. The highest BCUT2D eigenvalue weighted by molar-refractivity contribution is 5.54. The minimum atomic E-state index is 0.385. The number of rotatable bonds is 3. The Bertz CT molecular complexity index is 373. The number of fused-ring (bicyclic) bond motifs is 1. The van der Waals surface area contributed by atoms with Gasteiger partial charge >= 0.3 is 0 Å². The molecule has 1 heterocycles. The molecule has 0 unspecified atom stereocenters. The van der Waals surface area contributed by atoms with Crippen LogP contribution in [0.2, 0.25) is 0 Å². The van der Waals surface area contributed by atoms with Gasteiger partial charge in [0.05, 0.1) is 13.7 Å². The van der Waals surface area contributed by atoms with E-state index in [1.165, 1.54) is 0 Å². The molecule has 0 aromatic heterocycles. The molecular formula is C11H15NO3. The zero-order chi connectivity index (χ0) is 10.8. The zero-order valence-corrected chi connectivity index (χ0v) is 8.96. The van der Waals surface area contributed by atoms with E-state index in [0.29, 0.717) is 13.2 Å². The molecule has 1 aliphatic rings. The fraction of sp³-hybridized carbons (Fsp3) is 0.455. The molecule has 82 valence electrons. The van der Waals surface area contributed by atoms with Crippen molar-refractivity contribution in [1.29, 1.82) is 0 Å². The molecule has 15 heavy (non-hydrogen) atoms. The number of ether oxygens (including phenoxy) is 2. The zero-order valence-electron chi connectivity index (χ0n) is 8.96. The monoisotopic (exact) mass is 209 g/mol. The molecule has 4 nitrogen and oxygen atoms in total. The first kappa shape index (κ1) is 10.3. The molecule has 0 aliphatic carbocycles. The van der Waals surface area contributed by atoms with Crippen molar-refractivity contribution < 1.29 is 14.7 Å². The van der Waals surface area contributed by atoms with Gasteiger partial charge in [-0.3, -0.25) is 0 Å². The Morgan fingerprint density at radius 3 is 3.07 bits per heavy atom. The molecule has 0 saturated carbocycles. The second-order valence-electron chi connectivity index (χ2n) is 3.62. The molecule has 4 heteroatoms. The molecular weight excluding hydrogens is 194 g/mol. The lowest BCUT2D eigenvalue weighted by Crippen LogP contribution is -2.10. The molecule has 2 N–H and O–H groups in total. The van der Waals surface area contributed by atoms with Gasteiger partial charge in [-0.1, -0.05) is 0 Å². The Hall–Kier alpha value is -1.26. The number of hydroxylamine groups is 1. The fourth-order valence-corrected chi connectivity index (χ4v) is 2.09. The van der Waals surface area contributed by atoms with E-state index in [0.717, 1.165) is 34.6 Å². The van der Waals surface area contributed by atoms with Crippen molar-refractivity contribution in [3.63, 3.8) is 0 Å². The molecule has 2 rings (SSSR count). The third-order valence-corrected chi connectivity index (χ3v) is 2.71. The minimum absolute atomic E-state index is 0.385. The molecule has 0 fully saturated rings. The topological polar surface area (TPSA) is 50.7 Å². The Morgan fingerprint density at radius 2 is 2.40 bits per heavy atom. The molecule has 0 atom stereocenters. The number of hydrogen-bond acceptors (Lipinski definition) is 4. The molecule has 0 saturated heterocycles. The number of benzene rings is 1. The Kier molecular flexibility index (Phi) is 2.79. The lowest BCUT2D eigenvalue weighted by Gasteiger charge is -2.14. The van der Waals surface area contributed by atoms with Crippen molar-refractivity contribution in [3.8, 4) is 11.5 Å². The molecule has 1 aromatic rings. The van der Waals surface area contributed by atoms with E-state index in [9.17, 15) is 0 Å². The van der Waals surface area contributed by atoms with Crippen LogP contribution >= 0.6 is 0 Å². The van der Waals surface area contributed by atoms with Gasteiger partial charge in [-0.2, -0.15) is 0 Å². The molecule has 0 amide bonds. The summed E-state index contributed by atoms with van der Waals surface area (Å²) in [6.07, 6.45) is 0.878. The van der Waals surface area contributed by atoms with Crippen LogP contribution in [0.5, 0.6) is 11.5 Å². The second kappa shape index (κ2) is 4.08. The second-order valence-corrected chi connectivity index (χ2v) is 3.62. The maximum Gasteiger partial charge on any atom is 0.126 e. The summed E-state index contributed by atoms with van der Waals surface area (Å²) >= 11 is 0. The Morgan fingerprint density at radius 1 is 1.60 bits per heavy atom. The summed E-state index contributed by atoms with van der Waals surface area (Å²) in [6.45, 7) is 3.07. The first-order chi connectivity index (χ1) is 7.27. The van der Waals surface area contributed by atoms with Crippen LogP contribution in [0.4, 0.5) is 0 Å². The lowest BCUT2D eigenvalue weighted by atomic mass is 10.0. The van der Waals surface area contributed by atoms with Crippen LogP contribution in [0.25, 0.3) is 0 Å². The molecule has 0 bridgehead atoms. The van der Waals surface area contributed by atoms with E-state index in [-0.39, 0.29) is 0 Å². The first-order valence-electron chi connectivity index (χ1n) is 4.97. The molecule has 0 radical (unpaired) electrons. The van der Waals surface area contributed by atoms with Crippen molar-refractivity contribution in [2.75, 3.05) is 13.7 Å². The maximum atomic E-state index is 8.82. The summed E-state index contributed by atoms with van der Waals surface area (Å²) in [5.41, 5.74) is 5.34. The summed E-state index contributed by atoms with van der Waals surface area (Å²) in [5.74, 6) is 1.75. The van der Waals surface area contributed by atoms with Crippen molar-refractivity contribution in [2.24, 2.45) is 0 Å². The van der Waals surface area contributed by atoms with Gasteiger partial charge in [0.25, 0.3) is 0 Å². The van der Waals surface area contributed by atoms with Crippen LogP contribution in [0.3, 0.4) is 0 Å². The van der Waals surface area contributed by atoms with Crippen LogP contribution in [0, 0.1) is 6.92 Å². The SMILES string of the molecule is COc1c(C)cc2c(c1CNO)CCO2. The normalized spacial score (nSPS) is 13.5. The van der Waals surface area contributed by atoms with E-state index in [1.54, 1.807) is 7.11 Å². The van der Waals surface area contributed by atoms with Gasteiger partial charge in [0.1, 0.15) is 11.5 Å². The number of aryl methyl sites for hydroxylation is 1. The molecule has 1 aliphatic heterocycles. The molecule has 0 spiro atoms. The van der Waals surface area contributed by atoms with E-state index < -0.39 is 0 Å². The summed E-state index contributed by atoms with van der Waals surface area (Å²) < 4.78 is 10.8. The number of nitrogens with one attached hydrogen (secondary N) is 1. The predicted octanol–water partition coefficient (Wildman–Crippen LogP) is 1.42. The van der Waals surface area contributed by atoms with Crippen LogP contribution < -0.4 is 15.0 Å². The third kappa shape index (κ3) is 1.66. The van der Waals surface area contributed by atoms with Gasteiger partial charge in [0.2, 0.25) is 0 Å². The van der Waals surface area contributed by atoms with Crippen LogP contribution in [0.15, 0.2) is 6.07 Å². The largest absolute Gasteiger partial charge is 0.496 e. The first-order valence-corrected chi connectivity index (χ1v) is 4.97. The van der Waals surface area contributed by atoms with Gasteiger partial charge in [0.15, 0.2) is 0 Å². The fourth-order valence-electron chi connectivity index (χ4n) is 2.09. The van der Waals surface area contributed by atoms with Gasteiger partial charge in [-0.05, 0) is 18.6 Å². The minimum Gasteiger partial charge on any atom is -0.496 e. The van der Waals surface area contributed by atoms with Crippen molar-refractivity contribution >= 4 is 0 Å². The van der Waals surface area contributed by atoms with E-state index in [4.69, 9.17) is 14.7 Å². The standard InChI is InChI=1S/C11H15NO3/c1-7-5-10-8(3-4-15-10)9(6-12-13)11(7)14-2/h5,12-13H,3-4,6H2,1-2H3. The average Bonchev–Trinajstić information content (AvgIpc) is 2.66. The van der Waals surface area contributed by atoms with E-state index >= 15 is 0 Å². The van der Waals surface area contributed by atoms with Crippen molar-refractivity contribution in [3.05, 3.63) is 22.8 Å². The summed E-state index contributed by atoms with van der Waals surface area (Å²) in [4.78, 5) is 0. The maximum absolute atomic E-state index is 8.82. The highest BCUT2D eigenvalue weighted by atomic mass is 16.5. The van der Waals surface area contributed by atoms with E-state index in [1.807, 2.05) is 13.0 Å².